The van der Waals surface area contributed by atoms with E-state index in [0.29, 0.717) is 13.2 Å². The predicted octanol–water partition coefficient (Wildman–Crippen LogP) is 3.67. The molecule has 0 atom stereocenters. The van der Waals surface area contributed by atoms with E-state index in [4.69, 9.17) is 9.47 Å². The molecular weight excluding hydrogens is 364 g/mol. The van der Waals surface area contributed by atoms with Gasteiger partial charge in [0.05, 0.1) is 6.61 Å². The number of hydrogen-bond donors (Lipinski definition) is 2. The number of hydrogen-bond acceptors (Lipinski definition) is 4. The molecule has 0 aromatic heterocycles. The van der Waals surface area contributed by atoms with Gasteiger partial charge < -0.3 is 25.0 Å². The zero-order valence-electron chi connectivity index (χ0n) is 17.7. The van der Waals surface area contributed by atoms with Gasteiger partial charge in [-0.15, -0.1) is 0 Å². The number of guanidine groups is 1. The van der Waals surface area contributed by atoms with Gasteiger partial charge in [0, 0.05) is 64.8 Å². The van der Waals surface area contributed by atoms with Gasteiger partial charge in [0.1, 0.15) is 5.75 Å². The lowest BCUT2D eigenvalue weighted by Crippen LogP contribution is -2.30. The molecule has 1 aliphatic heterocycles. The zero-order chi connectivity index (χ0) is 20.5. The number of nitrogens with zero attached hydrogens (tertiary/aromatic N) is 2. The van der Waals surface area contributed by atoms with Crippen molar-refractivity contribution in [1.82, 2.24) is 5.32 Å². The first-order valence-corrected chi connectivity index (χ1v) is 10.2. The van der Waals surface area contributed by atoms with Crippen LogP contribution >= 0.6 is 0 Å². The molecule has 0 unspecified atom stereocenters. The molecular formula is C23H32N4O2. The topological polar surface area (TPSA) is 58.1 Å². The van der Waals surface area contributed by atoms with Gasteiger partial charge in [-0.1, -0.05) is 18.2 Å². The first kappa shape index (κ1) is 21.0. The maximum atomic E-state index is 5.77. The third-order valence-corrected chi connectivity index (χ3v) is 5.04. The van der Waals surface area contributed by atoms with Crippen LogP contribution in [-0.4, -0.2) is 46.9 Å². The lowest BCUT2D eigenvalue weighted by molar-refractivity contribution is 0.172. The Bertz CT molecular complexity index is 822. The van der Waals surface area contributed by atoms with Crippen LogP contribution in [0.1, 0.15) is 24.0 Å². The molecule has 2 aromatic rings. The summed E-state index contributed by atoms with van der Waals surface area (Å²) in [6.07, 6.45) is 3.24. The Morgan fingerprint density at radius 1 is 1.17 bits per heavy atom. The molecule has 0 bridgehead atoms. The Morgan fingerprint density at radius 3 is 2.90 bits per heavy atom. The number of fused-ring (bicyclic) bond motifs is 1. The largest absolute Gasteiger partial charge is 0.493 e. The normalized spacial score (nSPS) is 13.8. The minimum absolute atomic E-state index is 0.637. The van der Waals surface area contributed by atoms with E-state index < -0.39 is 0 Å². The van der Waals surface area contributed by atoms with Gasteiger partial charge in [-0.2, -0.15) is 0 Å². The fourth-order valence-electron chi connectivity index (χ4n) is 3.51. The minimum atomic E-state index is 0.637. The Kier molecular flexibility index (Phi) is 7.76. The Balaban J connectivity index is 1.54. The number of aliphatic imine (C=N–C) groups is 1. The van der Waals surface area contributed by atoms with Crippen LogP contribution in [0.3, 0.4) is 0 Å². The molecule has 3 rings (SSSR count). The summed E-state index contributed by atoms with van der Waals surface area (Å²) in [5, 5.41) is 6.74. The molecule has 0 amide bonds. The van der Waals surface area contributed by atoms with Crippen LogP contribution in [0, 0.1) is 0 Å². The second-order valence-corrected chi connectivity index (χ2v) is 7.26. The molecule has 6 nitrogen and oxygen atoms in total. The van der Waals surface area contributed by atoms with E-state index in [-0.39, 0.29) is 0 Å². The quantitative estimate of drug-likeness (QED) is 0.405. The van der Waals surface area contributed by atoms with Crippen molar-refractivity contribution in [1.29, 1.82) is 0 Å². The summed E-state index contributed by atoms with van der Waals surface area (Å²) in [7, 11) is 5.64. The van der Waals surface area contributed by atoms with Crippen molar-refractivity contribution in [2.75, 3.05) is 51.2 Å². The van der Waals surface area contributed by atoms with Crippen LogP contribution in [0.5, 0.6) is 5.75 Å². The van der Waals surface area contributed by atoms with Crippen molar-refractivity contribution < 1.29 is 9.47 Å². The summed E-state index contributed by atoms with van der Waals surface area (Å²) < 4.78 is 10.8. The fraction of sp³-hybridized carbons (Fsp3) is 0.435. The third-order valence-electron chi connectivity index (χ3n) is 5.04. The van der Waals surface area contributed by atoms with Gasteiger partial charge in [-0.05, 0) is 42.2 Å². The highest BCUT2D eigenvalue weighted by Crippen LogP contribution is 2.26. The summed E-state index contributed by atoms with van der Waals surface area (Å²) in [5.74, 6) is 1.57. The average Bonchev–Trinajstić information content (AvgIpc) is 2.74. The SMILES string of the molecule is CN=C(NCc1ccc2c(c1)CCCN2C)Nc1cccc(OCCCOC)c1. The Morgan fingerprint density at radius 2 is 2.07 bits per heavy atom. The summed E-state index contributed by atoms with van der Waals surface area (Å²) in [6, 6.07) is 14.6. The van der Waals surface area contributed by atoms with Crippen molar-refractivity contribution in [3.63, 3.8) is 0 Å². The maximum absolute atomic E-state index is 5.77. The molecule has 2 aromatic carbocycles. The van der Waals surface area contributed by atoms with Crippen molar-refractivity contribution in [2.24, 2.45) is 4.99 Å². The molecule has 29 heavy (non-hydrogen) atoms. The van der Waals surface area contributed by atoms with E-state index in [1.54, 1.807) is 14.2 Å². The van der Waals surface area contributed by atoms with Gasteiger partial charge in [0.15, 0.2) is 5.96 Å². The van der Waals surface area contributed by atoms with Gasteiger partial charge >= 0.3 is 0 Å². The molecule has 2 N–H and O–H groups in total. The molecule has 0 saturated heterocycles. The molecule has 1 aliphatic rings. The second-order valence-electron chi connectivity index (χ2n) is 7.26. The molecule has 0 radical (unpaired) electrons. The number of nitrogens with one attached hydrogen (secondary N) is 2. The average molecular weight is 397 g/mol. The minimum Gasteiger partial charge on any atom is -0.493 e. The van der Waals surface area contributed by atoms with E-state index in [0.717, 1.165) is 43.3 Å². The highest BCUT2D eigenvalue weighted by molar-refractivity contribution is 5.93. The van der Waals surface area contributed by atoms with Crippen LogP contribution in [0.4, 0.5) is 11.4 Å². The number of methoxy groups -OCH3 is 1. The second kappa shape index (κ2) is 10.7. The van der Waals surface area contributed by atoms with E-state index in [1.807, 2.05) is 24.3 Å². The summed E-state index contributed by atoms with van der Waals surface area (Å²) in [4.78, 5) is 6.68. The first-order chi connectivity index (χ1) is 14.2. The maximum Gasteiger partial charge on any atom is 0.195 e. The van der Waals surface area contributed by atoms with Crippen molar-refractivity contribution >= 4 is 17.3 Å². The lowest BCUT2D eigenvalue weighted by atomic mass is 9.99. The standard InChI is InChI=1S/C23H32N4O2/c1-24-23(26-20-8-4-9-21(16-20)29-14-6-13-28-3)25-17-18-10-11-22-19(15-18)7-5-12-27(22)2/h4,8-11,15-16H,5-7,12-14,17H2,1-3H3,(H2,24,25,26). The molecule has 1 heterocycles. The lowest BCUT2D eigenvalue weighted by Gasteiger charge is -2.28. The van der Waals surface area contributed by atoms with Gasteiger partial charge in [0.2, 0.25) is 0 Å². The number of rotatable bonds is 8. The van der Waals surface area contributed by atoms with Gasteiger partial charge in [-0.25, -0.2) is 0 Å². The van der Waals surface area contributed by atoms with Crippen LogP contribution in [0.25, 0.3) is 0 Å². The first-order valence-electron chi connectivity index (χ1n) is 10.2. The summed E-state index contributed by atoms with van der Waals surface area (Å²) in [5.41, 5.74) is 4.98. The Hall–Kier alpha value is -2.73. The van der Waals surface area contributed by atoms with Gasteiger partial charge in [-0.3, -0.25) is 4.99 Å². The highest BCUT2D eigenvalue weighted by atomic mass is 16.5. The molecule has 0 spiro atoms. The number of benzene rings is 2. The fourth-order valence-corrected chi connectivity index (χ4v) is 3.51. The summed E-state index contributed by atoms with van der Waals surface area (Å²) >= 11 is 0. The van der Waals surface area contributed by atoms with Crippen molar-refractivity contribution in [3.8, 4) is 5.75 Å². The number of anilines is 2. The number of aryl methyl sites for hydroxylation is 1. The predicted molar refractivity (Wildman–Crippen MR) is 120 cm³/mol. The van der Waals surface area contributed by atoms with Crippen LogP contribution < -0.4 is 20.3 Å². The molecule has 156 valence electrons. The van der Waals surface area contributed by atoms with Crippen LogP contribution in [-0.2, 0) is 17.7 Å². The zero-order valence-corrected chi connectivity index (χ0v) is 17.7. The van der Waals surface area contributed by atoms with Gasteiger partial charge in [0.25, 0.3) is 0 Å². The van der Waals surface area contributed by atoms with E-state index in [1.165, 1.54) is 23.2 Å². The van der Waals surface area contributed by atoms with Crippen LogP contribution in [0.2, 0.25) is 0 Å². The summed E-state index contributed by atoms with van der Waals surface area (Å²) in [6.45, 7) is 3.20. The molecule has 0 saturated carbocycles. The van der Waals surface area contributed by atoms with E-state index >= 15 is 0 Å². The molecule has 0 aliphatic carbocycles. The van der Waals surface area contributed by atoms with Crippen molar-refractivity contribution in [3.05, 3.63) is 53.6 Å². The van der Waals surface area contributed by atoms with E-state index in [9.17, 15) is 0 Å². The number of ether oxygens (including phenoxy) is 2. The molecule has 0 fully saturated rings. The monoisotopic (exact) mass is 396 g/mol. The Labute approximate surface area is 173 Å². The smallest absolute Gasteiger partial charge is 0.195 e. The van der Waals surface area contributed by atoms with Crippen LogP contribution in [0.15, 0.2) is 47.5 Å². The third kappa shape index (κ3) is 6.12. The molecule has 6 heteroatoms. The highest BCUT2D eigenvalue weighted by Gasteiger charge is 2.13. The van der Waals surface area contributed by atoms with Crippen molar-refractivity contribution in [2.45, 2.75) is 25.8 Å². The van der Waals surface area contributed by atoms with E-state index in [2.05, 4.69) is 45.8 Å².